The molecule has 0 aliphatic rings. The van der Waals surface area contributed by atoms with Crippen molar-refractivity contribution >= 4 is 0 Å². The SMILES string of the molecule is CCC=CC(F)(F)C(O)CO. The zero-order valence-corrected chi connectivity index (χ0v) is 6.30. The average molecular weight is 166 g/mol. The van der Waals surface area contributed by atoms with E-state index in [9.17, 15) is 8.78 Å². The summed E-state index contributed by atoms with van der Waals surface area (Å²) in [5.74, 6) is -3.31. The van der Waals surface area contributed by atoms with E-state index >= 15 is 0 Å². The van der Waals surface area contributed by atoms with Crippen LogP contribution in [-0.2, 0) is 0 Å². The fraction of sp³-hybridized carbons (Fsp3) is 0.714. The average Bonchev–Trinajstić information content (AvgIpc) is 1.99. The van der Waals surface area contributed by atoms with Crippen LogP contribution in [0.2, 0.25) is 0 Å². The van der Waals surface area contributed by atoms with Crippen LogP contribution >= 0.6 is 0 Å². The van der Waals surface area contributed by atoms with Gasteiger partial charge in [0.15, 0.2) is 0 Å². The highest BCUT2D eigenvalue weighted by Gasteiger charge is 2.34. The molecule has 0 spiro atoms. The molecule has 0 bridgehead atoms. The summed E-state index contributed by atoms with van der Waals surface area (Å²) in [6, 6.07) is 0. The lowest BCUT2D eigenvalue weighted by molar-refractivity contribution is -0.0900. The monoisotopic (exact) mass is 166 g/mol. The molecule has 0 aliphatic carbocycles. The first kappa shape index (κ1) is 10.5. The summed E-state index contributed by atoms with van der Waals surface area (Å²) < 4.78 is 25.0. The summed E-state index contributed by atoms with van der Waals surface area (Å²) >= 11 is 0. The van der Waals surface area contributed by atoms with E-state index < -0.39 is 18.6 Å². The molecule has 11 heavy (non-hydrogen) atoms. The van der Waals surface area contributed by atoms with Gasteiger partial charge in [-0.2, -0.15) is 8.78 Å². The summed E-state index contributed by atoms with van der Waals surface area (Å²) in [6.07, 6.45) is 0.339. The Morgan fingerprint density at radius 3 is 2.45 bits per heavy atom. The van der Waals surface area contributed by atoms with Gasteiger partial charge in [-0.05, 0) is 12.5 Å². The Morgan fingerprint density at radius 2 is 2.09 bits per heavy atom. The second-order valence-corrected chi connectivity index (χ2v) is 2.18. The molecule has 0 rings (SSSR count). The molecule has 66 valence electrons. The van der Waals surface area contributed by atoms with Crippen LogP contribution in [0.4, 0.5) is 8.78 Å². The predicted molar refractivity (Wildman–Crippen MR) is 37.5 cm³/mol. The number of allylic oxidation sites excluding steroid dienone is 1. The third kappa shape index (κ3) is 3.43. The lowest BCUT2D eigenvalue weighted by Crippen LogP contribution is -2.34. The Balaban J connectivity index is 4.08. The van der Waals surface area contributed by atoms with E-state index in [1.54, 1.807) is 6.92 Å². The van der Waals surface area contributed by atoms with E-state index in [0.717, 1.165) is 0 Å². The van der Waals surface area contributed by atoms with E-state index in [1.165, 1.54) is 6.08 Å². The van der Waals surface area contributed by atoms with Gasteiger partial charge in [0, 0.05) is 0 Å². The van der Waals surface area contributed by atoms with E-state index in [0.29, 0.717) is 12.5 Å². The third-order valence-electron chi connectivity index (χ3n) is 1.19. The molecule has 2 N–H and O–H groups in total. The van der Waals surface area contributed by atoms with Crippen LogP contribution < -0.4 is 0 Å². The molecule has 0 aromatic heterocycles. The van der Waals surface area contributed by atoms with Crippen molar-refractivity contribution < 1.29 is 19.0 Å². The van der Waals surface area contributed by atoms with Gasteiger partial charge in [-0.25, -0.2) is 0 Å². The zero-order valence-electron chi connectivity index (χ0n) is 6.30. The minimum Gasteiger partial charge on any atom is -0.393 e. The maximum absolute atomic E-state index is 12.5. The number of hydrogen-bond acceptors (Lipinski definition) is 2. The van der Waals surface area contributed by atoms with Crippen LogP contribution in [0.3, 0.4) is 0 Å². The highest BCUT2D eigenvalue weighted by molar-refractivity contribution is 4.98. The first-order chi connectivity index (χ1) is 5.04. The van der Waals surface area contributed by atoms with E-state index in [1.807, 2.05) is 0 Å². The normalized spacial score (nSPS) is 15.7. The van der Waals surface area contributed by atoms with Crippen molar-refractivity contribution in [1.82, 2.24) is 0 Å². The van der Waals surface area contributed by atoms with Crippen molar-refractivity contribution in [2.45, 2.75) is 25.4 Å². The highest BCUT2D eigenvalue weighted by atomic mass is 19.3. The Hall–Kier alpha value is -0.480. The smallest absolute Gasteiger partial charge is 0.294 e. The van der Waals surface area contributed by atoms with Crippen LogP contribution in [0, 0.1) is 0 Å². The molecule has 0 radical (unpaired) electrons. The Labute approximate surface area is 64.2 Å². The lowest BCUT2D eigenvalue weighted by atomic mass is 10.2. The van der Waals surface area contributed by atoms with Gasteiger partial charge in [-0.3, -0.25) is 0 Å². The number of aliphatic hydroxyl groups is 2. The topological polar surface area (TPSA) is 40.5 Å². The Morgan fingerprint density at radius 1 is 1.55 bits per heavy atom. The predicted octanol–water partition coefficient (Wildman–Crippen LogP) is 0.941. The molecule has 1 atom stereocenters. The van der Waals surface area contributed by atoms with Gasteiger partial charge in [-0.1, -0.05) is 13.0 Å². The van der Waals surface area contributed by atoms with Crippen molar-refractivity contribution in [3.8, 4) is 0 Å². The quantitative estimate of drug-likeness (QED) is 0.610. The van der Waals surface area contributed by atoms with Gasteiger partial charge in [0.05, 0.1) is 6.61 Å². The molecule has 0 aromatic rings. The molecule has 0 aromatic carbocycles. The Kier molecular flexibility index (Phi) is 4.22. The molecule has 0 saturated heterocycles. The van der Waals surface area contributed by atoms with E-state index in [2.05, 4.69) is 0 Å². The molecule has 1 unspecified atom stereocenters. The molecule has 0 fully saturated rings. The van der Waals surface area contributed by atoms with Gasteiger partial charge in [-0.15, -0.1) is 0 Å². The van der Waals surface area contributed by atoms with E-state index in [-0.39, 0.29) is 0 Å². The van der Waals surface area contributed by atoms with Crippen molar-refractivity contribution in [3.63, 3.8) is 0 Å². The van der Waals surface area contributed by atoms with Gasteiger partial charge >= 0.3 is 0 Å². The maximum Gasteiger partial charge on any atom is 0.294 e. The summed E-state index contributed by atoms with van der Waals surface area (Å²) in [6.45, 7) is 0.777. The molecule has 4 heteroatoms. The summed E-state index contributed by atoms with van der Waals surface area (Å²) in [7, 11) is 0. The second-order valence-electron chi connectivity index (χ2n) is 2.18. The number of rotatable bonds is 4. The van der Waals surface area contributed by atoms with Crippen LogP contribution in [0.5, 0.6) is 0 Å². The van der Waals surface area contributed by atoms with Crippen LogP contribution in [-0.4, -0.2) is 28.8 Å². The van der Waals surface area contributed by atoms with Crippen LogP contribution in [0.15, 0.2) is 12.2 Å². The number of aliphatic hydroxyl groups excluding tert-OH is 2. The van der Waals surface area contributed by atoms with Gasteiger partial charge in [0.2, 0.25) is 0 Å². The summed E-state index contributed by atoms with van der Waals surface area (Å²) in [5, 5.41) is 16.8. The molecule has 2 nitrogen and oxygen atoms in total. The van der Waals surface area contributed by atoms with Gasteiger partial charge < -0.3 is 10.2 Å². The molecule has 0 aliphatic heterocycles. The minimum atomic E-state index is -3.31. The van der Waals surface area contributed by atoms with Crippen molar-refractivity contribution in [2.24, 2.45) is 0 Å². The standard InChI is InChI=1S/C7H12F2O2/c1-2-3-4-7(8,9)6(11)5-10/h3-4,6,10-11H,2,5H2,1H3. The highest BCUT2D eigenvalue weighted by Crippen LogP contribution is 2.20. The van der Waals surface area contributed by atoms with Gasteiger partial charge in [0.25, 0.3) is 5.92 Å². The number of hydrogen-bond donors (Lipinski definition) is 2. The maximum atomic E-state index is 12.5. The first-order valence-electron chi connectivity index (χ1n) is 3.39. The second kappa shape index (κ2) is 4.41. The largest absolute Gasteiger partial charge is 0.393 e. The van der Waals surface area contributed by atoms with Crippen molar-refractivity contribution in [2.75, 3.05) is 6.61 Å². The van der Waals surface area contributed by atoms with E-state index in [4.69, 9.17) is 10.2 Å². The van der Waals surface area contributed by atoms with Crippen molar-refractivity contribution in [3.05, 3.63) is 12.2 Å². The fourth-order valence-electron chi connectivity index (χ4n) is 0.508. The molecule has 0 heterocycles. The lowest BCUT2D eigenvalue weighted by Gasteiger charge is -2.16. The van der Waals surface area contributed by atoms with Crippen LogP contribution in [0.1, 0.15) is 13.3 Å². The molecule has 0 amide bonds. The zero-order chi connectivity index (χ0) is 8.91. The van der Waals surface area contributed by atoms with Crippen molar-refractivity contribution in [1.29, 1.82) is 0 Å². The van der Waals surface area contributed by atoms with Crippen LogP contribution in [0.25, 0.3) is 0 Å². The minimum absolute atomic E-state index is 0.480. The summed E-state index contributed by atoms with van der Waals surface area (Å²) in [5.41, 5.74) is 0. The number of alkyl halides is 2. The third-order valence-corrected chi connectivity index (χ3v) is 1.19. The molecular weight excluding hydrogens is 154 g/mol. The first-order valence-corrected chi connectivity index (χ1v) is 3.39. The molecular formula is C7H12F2O2. The molecule has 0 saturated carbocycles. The fourth-order valence-corrected chi connectivity index (χ4v) is 0.508. The summed E-state index contributed by atoms with van der Waals surface area (Å²) in [4.78, 5) is 0. The Bertz CT molecular complexity index is 134. The van der Waals surface area contributed by atoms with Gasteiger partial charge in [0.1, 0.15) is 6.10 Å². The number of halogens is 2.